The summed E-state index contributed by atoms with van der Waals surface area (Å²) in [6.07, 6.45) is 6.01. The van der Waals surface area contributed by atoms with Crippen molar-refractivity contribution in [2.24, 2.45) is 11.1 Å². The van der Waals surface area contributed by atoms with Crippen LogP contribution < -0.4 is 10.5 Å². The second kappa shape index (κ2) is 9.15. The van der Waals surface area contributed by atoms with Crippen molar-refractivity contribution in [2.45, 2.75) is 76.5 Å². The molecule has 1 aliphatic heterocycles. The van der Waals surface area contributed by atoms with Crippen molar-refractivity contribution in [1.29, 1.82) is 0 Å². The highest BCUT2D eigenvalue weighted by Gasteiger charge is 2.42. The fourth-order valence-corrected chi connectivity index (χ4v) is 3.82. The van der Waals surface area contributed by atoms with Crippen molar-refractivity contribution in [2.75, 3.05) is 18.4 Å². The van der Waals surface area contributed by atoms with Gasteiger partial charge in [0, 0.05) is 18.6 Å². The molecule has 0 aromatic carbocycles. The summed E-state index contributed by atoms with van der Waals surface area (Å²) < 4.78 is 5.58. The molecule has 0 aliphatic carbocycles. The molecule has 1 unspecified atom stereocenters. The van der Waals surface area contributed by atoms with E-state index in [1.807, 2.05) is 44.0 Å². The number of nitrogens with zero attached hydrogens (tertiary/aromatic N) is 2. The number of carbonyl (C=O) groups excluding carboxylic acids is 1. The summed E-state index contributed by atoms with van der Waals surface area (Å²) in [6, 6.07) is 3.92. The predicted molar refractivity (Wildman–Crippen MR) is 112 cm³/mol. The van der Waals surface area contributed by atoms with Gasteiger partial charge in [-0.25, -0.2) is 9.78 Å². The molecule has 0 bridgehead atoms. The van der Waals surface area contributed by atoms with Crippen molar-refractivity contribution in [1.82, 2.24) is 9.88 Å². The molecule has 1 aromatic rings. The zero-order chi connectivity index (χ0) is 20.1. The van der Waals surface area contributed by atoms with Gasteiger partial charge in [0.25, 0.3) is 0 Å². The Kier molecular flexibility index (Phi) is 7.40. The lowest BCUT2D eigenvalue weighted by Gasteiger charge is -2.33. The van der Waals surface area contributed by atoms with Gasteiger partial charge in [0.2, 0.25) is 0 Å². The van der Waals surface area contributed by atoms with Crippen LogP contribution in [0.2, 0.25) is 0 Å². The Bertz CT molecular complexity index is 613. The van der Waals surface area contributed by atoms with Gasteiger partial charge in [0.1, 0.15) is 10.6 Å². The number of anilines is 1. The lowest BCUT2D eigenvalue weighted by Crippen LogP contribution is -2.45. The Balaban J connectivity index is 1.71. The number of hydrogen-bond donors (Lipinski definition) is 2. The Morgan fingerprint density at radius 2 is 2.15 bits per heavy atom. The Morgan fingerprint density at radius 1 is 1.41 bits per heavy atom. The molecular weight excluding hydrogens is 360 g/mol. The lowest BCUT2D eigenvalue weighted by molar-refractivity contribution is 0.0131. The van der Waals surface area contributed by atoms with Crippen LogP contribution in [0.1, 0.15) is 60.3 Å². The molecule has 0 saturated carbocycles. The number of ether oxygens (including phenoxy) is 1. The number of unbranched alkanes of at least 4 members (excludes halogenated alkanes) is 1. The molecule has 27 heavy (non-hydrogen) atoms. The second-order valence-electron chi connectivity index (χ2n) is 8.90. The van der Waals surface area contributed by atoms with E-state index in [1.165, 1.54) is 0 Å². The fraction of sp³-hybridized carbons (Fsp3) is 0.700. The van der Waals surface area contributed by atoms with E-state index in [2.05, 4.69) is 24.1 Å². The number of rotatable bonds is 7. The number of pyridine rings is 1. The van der Waals surface area contributed by atoms with Crippen LogP contribution in [0.3, 0.4) is 0 Å². The molecule has 0 radical (unpaired) electrons. The first kappa shape index (κ1) is 21.8. The van der Waals surface area contributed by atoms with E-state index >= 15 is 0 Å². The molecule has 1 aromatic heterocycles. The van der Waals surface area contributed by atoms with Crippen molar-refractivity contribution >= 4 is 23.7 Å². The van der Waals surface area contributed by atoms with Crippen LogP contribution in [0.15, 0.2) is 23.4 Å². The fourth-order valence-electron chi connectivity index (χ4n) is 3.56. The Hall–Kier alpha value is -1.47. The highest BCUT2D eigenvalue weighted by atomic mass is 32.2. The first-order valence-corrected chi connectivity index (χ1v) is 10.6. The third kappa shape index (κ3) is 6.88. The molecule has 6 nitrogen and oxygen atoms in total. The molecule has 2 rings (SSSR count). The van der Waals surface area contributed by atoms with E-state index in [1.54, 1.807) is 0 Å². The first-order chi connectivity index (χ1) is 12.6. The SMILES string of the molecule is CC(C)(C)OC(=O)N1CC(CCCCNc2ccc(SN)nc2)CC1(C)C. The second-order valence-corrected chi connectivity index (χ2v) is 9.55. The van der Waals surface area contributed by atoms with Gasteiger partial charge in [-0.3, -0.25) is 5.14 Å². The third-order valence-electron chi connectivity index (χ3n) is 4.80. The Labute approximate surface area is 167 Å². The lowest BCUT2D eigenvalue weighted by atomic mass is 9.93. The first-order valence-electron chi connectivity index (χ1n) is 9.68. The molecule has 1 fully saturated rings. The summed E-state index contributed by atoms with van der Waals surface area (Å²) in [7, 11) is 0. The zero-order valence-electron chi connectivity index (χ0n) is 17.2. The number of hydrogen-bond acceptors (Lipinski definition) is 6. The summed E-state index contributed by atoms with van der Waals surface area (Å²) in [6.45, 7) is 11.7. The molecule has 3 N–H and O–H groups in total. The van der Waals surface area contributed by atoms with E-state index in [0.29, 0.717) is 5.92 Å². The van der Waals surface area contributed by atoms with Gasteiger partial charge in [0.05, 0.1) is 11.9 Å². The number of likely N-dealkylation sites (tertiary alicyclic amines) is 1. The number of nitrogens with one attached hydrogen (secondary N) is 1. The predicted octanol–water partition coefficient (Wildman–Crippen LogP) is 4.67. The Morgan fingerprint density at radius 3 is 2.74 bits per heavy atom. The highest BCUT2D eigenvalue weighted by Crippen LogP contribution is 2.36. The normalized spacial score (nSPS) is 19.2. The molecule has 1 saturated heterocycles. The minimum atomic E-state index is -0.452. The maximum absolute atomic E-state index is 12.5. The summed E-state index contributed by atoms with van der Waals surface area (Å²) in [4.78, 5) is 18.6. The average Bonchev–Trinajstić information content (AvgIpc) is 2.88. The number of aromatic nitrogens is 1. The van der Waals surface area contributed by atoms with Crippen molar-refractivity contribution in [3.8, 4) is 0 Å². The topological polar surface area (TPSA) is 80.5 Å². The van der Waals surface area contributed by atoms with Crippen molar-refractivity contribution in [3.05, 3.63) is 18.3 Å². The summed E-state index contributed by atoms with van der Waals surface area (Å²) in [5.41, 5.74) is 0.429. The molecule has 1 amide bonds. The maximum atomic E-state index is 12.5. The summed E-state index contributed by atoms with van der Waals surface area (Å²) >= 11 is 1.15. The van der Waals surface area contributed by atoms with Crippen LogP contribution in [0.25, 0.3) is 0 Å². The molecule has 0 spiro atoms. The monoisotopic (exact) mass is 394 g/mol. The zero-order valence-corrected chi connectivity index (χ0v) is 18.1. The maximum Gasteiger partial charge on any atom is 0.410 e. The van der Waals surface area contributed by atoms with E-state index < -0.39 is 5.60 Å². The van der Waals surface area contributed by atoms with Gasteiger partial charge in [-0.1, -0.05) is 6.42 Å². The highest BCUT2D eigenvalue weighted by molar-refractivity contribution is 7.97. The summed E-state index contributed by atoms with van der Waals surface area (Å²) in [5.74, 6) is 0.537. The molecular formula is C20H34N4O2S. The van der Waals surface area contributed by atoms with Gasteiger partial charge >= 0.3 is 6.09 Å². The number of carbonyl (C=O) groups is 1. The van der Waals surface area contributed by atoms with Crippen molar-refractivity contribution in [3.63, 3.8) is 0 Å². The standard InChI is InChI=1S/C20H34N4O2S/c1-19(2,3)26-18(25)24-14-15(12-20(24,4)5)8-6-7-11-22-16-9-10-17(27-21)23-13-16/h9-10,13,15,22H,6-8,11-12,14,21H2,1-5H3. The largest absolute Gasteiger partial charge is 0.444 e. The van der Waals surface area contributed by atoms with Gasteiger partial charge in [-0.15, -0.1) is 0 Å². The third-order valence-corrected chi connectivity index (χ3v) is 5.28. The van der Waals surface area contributed by atoms with Gasteiger partial charge in [-0.05, 0) is 83.9 Å². The molecule has 152 valence electrons. The minimum absolute atomic E-state index is 0.139. The average molecular weight is 395 g/mol. The van der Waals surface area contributed by atoms with E-state index in [9.17, 15) is 4.79 Å². The van der Waals surface area contributed by atoms with Crippen LogP contribution in [0.4, 0.5) is 10.5 Å². The molecule has 7 heteroatoms. The molecule has 1 atom stereocenters. The summed E-state index contributed by atoms with van der Waals surface area (Å²) in [5, 5.41) is 9.69. The molecule has 2 heterocycles. The van der Waals surface area contributed by atoms with Gasteiger partial charge < -0.3 is 15.0 Å². The van der Waals surface area contributed by atoms with Crippen LogP contribution in [0.5, 0.6) is 0 Å². The van der Waals surface area contributed by atoms with Crippen molar-refractivity contribution < 1.29 is 9.53 Å². The van der Waals surface area contributed by atoms with Crippen LogP contribution in [-0.2, 0) is 4.74 Å². The van der Waals surface area contributed by atoms with Gasteiger partial charge in [-0.2, -0.15) is 0 Å². The quantitative estimate of drug-likeness (QED) is 0.517. The van der Waals surface area contributed by atoms with Crippen LogP contribution in [0, 0.1) is 5.92 Å². The van der Waals surface area contributed by atoms with E-state index in [0.717, 1.165) is 61.4 Å². The number of amides is 1. The minimum Gasteiger partial charge on any atom is -0.444 e. The van der Waals surface area contributed by atoms with E-state index in [4.69, 9.17) is 9.88 Å². The van der Waals surface area contributed by atoms with Crippen LogP contribution in [-0.4, -0.2) is 40.2 Å². The molecule has 1 aliphatic rings. The number of nitrogens with two attached hydrogens (primary N) is 1. The van der Waals surface area contributed by atoms with Gasteiger partial charge in [0.15, 0.2) is 0 Å². The smallest absolute Gasteiger partial charge is 0.410 e. The van der Waals surface area contributed by atoms with E-state index in [-0.39, 0.29) is 11.6 Å². The van der Waals surface area contributed by atoms with Crippen LogP contribution >= 0.6 is 11.9 Å².